The molecule has 5 nitrogen and oxygen atoms in total. The van der Waals surface area contributed by atoms with Crippen molar-refractivity contribution in [3.63, 3.8) is 0 Å². The average Bonchev–Trinajstić information content (AvgIpc) is 3.13. The number of piperidine rings is 1. The molecule has 4 aliphatic rings. The van der Waals surface area contributed by atoms with Gasteiger partial charge in [-0.2, -0.15) is 0 Å². The summed E-state index contributed by atoms with van der Waals surface area (Å²) in [6, 6.07) is 14.0. The number of rotatable bonds is 3. The van der Waals surface area contributed by atoms with Crippen LogP contribution in [0.25, 0.3) is 0 Å². The molecule has 1 spiro atoms. The highest BCUT2D eigenvalue weighted by Gasteiger charge is 2.66. The number of esters is 1. The van der Waals surface area contributed by atoms with Gasteiger partial charge in [-0.15, -0.1) is 0 Å². The lowest BCUT2D eigenvalue weighted by molar-refractivity contribution is -0.105. The van der Waals surface area contributed by atoms with Crippen molar-refractivity contribution in [1.82, 2.24) is 4.90 Å². The first-order valence-corrected chi connectivity index (χ1v) is 11.0. The number of methoxy groups -OCH3 is 1. The molecule has 0 amide bonds. The van der Waals surface area contributed by atoms with Crippen molar-refractivity contribution < 1.29 is 19.0 Å². The first kappa shape index (κ1) is 18.3. The number of hydrogen-bond acceptors (Lipinski definition) is 5. The standard InChI is InChI=1S/C25H27NO4/c1-26-13-12-25-17-9-11-20(29-24(27)15-6-4-3-5-7-15)23(25)30-22-19(28-2)10-8-16(21(22)25)14-18(17)26/h3-8,10,17-18,20,23H,9,11-14H2,1-2H3/t17-,18+,20-,23-,25-/m0/s1. The summed E-state index contributed by atoms with van der Waals surface area (Å²) in [5, 5.41) is 0. The Morgan fingerprint density at radius 3 is 2.80 bits per heavy atom. The van der Waals surface area contributed by atoms with Gasteiger partial charge in [-0.05, 0) is 69.0 Å². The zero-order valence-corrected chi connectivity index (χ0v) is 17.5. The number of likely N-dealkylation sites (tertiary alicyclic amines) is 1. The smallest absolute Gasteiger partial charge is 0.338 e. The summed E-state index contributed by atoms with van der Waals surface area (Å²) in [5.41, 5.74) is 3.21. The highest BCUT2D eigenvalue weighted by Crippen LogP contribution is 2.64. The third-order valence-corrected chi connectivity index (χ3v) is 8.01. The fourth-order valence-electron chi connectivity index (χ4n) is 6.74. The maximum Gasteiger partial charge on any atom is 0.338 e. The van der Waals surface area contributed by atoms with Gasteiger partial charge in [0, 0.05) is 17.0 Å². The lowest BCUT2D eigenvalue weighted by Crippen LogP contribution is -2.66. The molecule has 5 heteroatoms. The van der Waals surface area contributed by atoms with Gasteiger partial charge in [0.1, 0.15) is 12.2 Å². The van der Waals surface area contributed by atoms with Crippen LogP contribution in [0.3, 0.4) is 0 Å². The van der Waals surface area contributed by atoms with E-state index in [9.17, 15) is 4.79 Å². The molecule has 5 atom stereocenters. The molecule has 0 unspecified atom stereocenters. The van der Waals surface area contributed by atoms with Gasteiger partial charge in [-0.25, -0.2) is 4.79 Å². The van der Waals surface area contributed by atoms with Crippen LogP contribution in [0.4, 0.5) is 0 Å². The Hall–Kier alpha value is -2.53. The number of ether oxygens (including phenoxy) is 3. The van der Waals surface area contributed by atoms with Crippen LogP contribution in [0.1, 0.15) is 40.7 Å². The molecule has 2 heterocycles. The highest BCUT2D eigenvalue weighted by molar-refractivity contribution is 5.89. The van der Waals surface area contributed by atoms with Crippen molar-refractivity contribution in [2.24, 2.45) is 5.92 Å². The summed E-state index contributed by atoms with van der Waals surface area (Å²) in [7, 11) is 3.95. The molecule has 0 aromatic heterocycles. The van der Waals surface area contributed by atoms with E-state index in [2.05, 4.69) is 18.0 Å². The van der Waals surface area contributed by atoms with Crippen LogP contribution < -0.4 is 9.47 Å². The molecule has 2 aliphatic carbocycles. The lowest BCUT2D eigenvalue weighted by atomic mass is 9.51. The van der Waals surface area contributed by atoms with Crippen molar-refractivity contribution >= 4 is 5.97 Å². The van der Waals surface area contributed by atoms with Crippen molar-refractivity contribution in [1.29, 1.82) is 0 Å². The van der Waals surface area contributed by atoms with Gasteiger partial charge in [-0.1, -0.05) is 24.3 Å². The summed E-state index contributed by atoms with van der Waals surface area (Å²) in [5.74, 6) is 1.94. The van der Waals surface area contributed by atoms with Gasteiger partial charge in [0.15, 0.2) is 11.5 Å². The van der Waals surface area contributed by atoms with Gasteiger partial charge in [0.25, 0.3) is 0 Å². The highest BCUT2D eigenvalue weighted by atomic mass is 16.6. The SMILES string of the molecule is COc1ccc2c3c1O[C@H]1[C@@H](OC(=O)c4ccccc4)CC[C@H]4[C@@H](C2)N(C)CC[C@@]341. The Kier molecular flexibility index (Phi) is 3.94. The second kappa shape index (κ2) is 6.48. The number of carbonyl (C=O) groups is 1. The number of hydrogen-bond donors (Lipinski definition) is 0. The van der Waals surface area contributed by atoms with E-state index >= 15 is 0 Å². The largest absolute Gasteiger partial charge is 0.493 e. The van der Waals surface area contributed by atoms with E-state index < -0.39 is 0 Å². The zero-order valence-electron chi connectivity index (χ0n) is 17.5. The average molecular weight is 405 g/mol. The molecule has 2 aromatic rings. The van der Waals surface area contributed by atoms with E-state index in [0.29, 0.717) is 17.5 Å². The van der Waals surface area contributed by atoms with E-state index in [1.54, 1.807) is 7.11 Å². The third kappa shape index (κ3) is 2.30. The molecule has 2 fully saturated rings. The van der Waals surface area contributed by atoms with Crippen LogP contribution in [-0.2, 0) is 16.6 Å². The predicted octanol–water partition coefficient (Wildman–Crippen LogP) is 3.59. The van der Waals surface area contributed by atoms with Crippen molar-refractivity contribution in [2.75, 3.05) is 20.7 Å². The Morgan fingerprint density at radius 1 is 1.17 bits per heavy atom. The minimum atomic E-state index is -0.262. The summed E-state index contributed by atoms with van der Waals surface area (Å²) >= 11 is 0. The predicted molar refractivity (Wildman–Crippen MR) is 112 cm³/mol. The molecule has 2 aliphatic heterocycles. The van der Waals surface area contributed by atoms with Gasteiger partial charge in [0.05, 0.1) is 12.7 Å². The molecular weight excluding hydrogens is 378 g/mol. The van der Waals surface area contributed by atoms with Crippen LogP contribution in [0.5, 0.6) is 11.5 Å². The topological polar surface area (TPSA) is 48.0 Å². The third-order valence-electron chi connectivity index (χ3n) is 8.01. The Balaban J connectivity index is 1.43. The van der Waals surface area contributed by atoms with E-state index in [1.807, 2.05) is 36.4 Å². The molecule has 2 aromatic carbocycles. The monoisotopic (exact) mass is 405 g/mol. The van der Waals surface area contributed by atoms with E-state index in [-0.39, 0.29) is 23.6 Å². The minimum absolute atomic E-state index is 0.0888. The number of benzene rings is 2. The van der Waals surface area contributed by atoms with Gasteiger partial charge >= 0.3 is 5.97 Å². The van der Waals surface area contributed by atoms with E-state index in [0.717, 1.165) is 43.7 Å². The Bertz CT molecular complexity index is 1010. The van der Waals surface area contributed by atoms with E-state index in [4.69, 9.17) is 14.2 Å². The zero-order chi connectivity index (χ0) is 20.5. The molecule has 2 bridgehead atoms. The summed E-state index contributed by atoms with van der Waals surface area (Å²) in [6.07, 6.45) is 3.58. The fraction of sp³-hybridized carbons (Fsp3) is 0.480. The maximum absolute atomic E-state index is 12.9. The van der Waals surface area contributed by atoms with Crippen LogP contribution >= 0.6 is 0 Å². The first-order valence-electron chi connectivity index (χ1n) is 11.0. The molecule has 6 rings (SSSR count). The lowest BCUT2D eigenvalue weighted by Gasteiger charge is -2.58. The van der Waals surface area contributed by atoms with Gasteiger partial charge in [-0.3, -0.25) is 0 Å². The second-order valence-electron chi connectivity index (χ2n) is 9.21. The first-order chi connectivity index (χ1) is 14.6. The second-order valence-corrected chi connectivity index (χ2v) is 9.21. The number of carbonyl (C=O) groups excluding carboxylic acids is 1. The quantitative estimate of drug-likeness (QED) is 0.731. The van der Waals surface area contributed by atoms with Crippen LogP contribution in [0, 0.1) is 5.92 Å². The summed E-state index contributed by atoms with van der Waals surface area (Å²) < 4.78 is 18.4. The molecule has 0 radical (unpaired) electrons. The maximum atomic E-state index is 12.9. The van der Waals surface area contributed by atoms with Crippen LogP contribution in [0.15, 0.2) is 42.5 Å². The fourth-order valence-corrected chi connectivity index (χ4v) is 6.74. The minimum Gasteiger partial charge on any atom is -0.493 e. The molecule has 1 saturated heterocycles. The summed E-state index contributed by atoms with van der Waals surface area (Å²) in [4.78, 5) is 15.4. The van der Waals surface area contributed by atoms with Gasteiger partial charge in [0.2, 0.25) is 0 Å². The Morgan fingerprint density at radius 2 is 2.00 bits per heavy atom. The molecule has 30 heavy (non-hydrogen) atoms. The molecule has 1 saturated carbocycles. The van der Waals surface area contributed by atoms with Crippen molar-refractivity contribution in [3.8, 4) is 11.5 Å². The van der Waals surface area contributed by atoms with Crippen LogP contribution in [-0.4, -0.2) is 49.8 Å². The molecule has 156 valence electrons. The number of nitrogens with zero attached hydrogens (tertiary/aromatic N) is 1. The van der Waals surface area contributed by atoms with Crippen molar-refractivity contribution in [3.05, 3.63) is 59.2 Å². The number of likely N-dealkylation sites (N-methyl/N-ethyl adjacent to an activating group) is 1. The van der Waals surface area contributed by atoms with Crippen LogP contribution in [0.2, 0.25) is 0 Å². The molecule has 0 N–H and O–H groups in total. The van der Waals surface area contributed by atoms with Crippen molar-refractivity contribution in [2.45, 2.75) is 49.3 Å². The normalized spacial score (nSPS) is 33.4. The van der Waals surface area contributed by atoms with E-state index in [1.165, 1.54) is 11.1 Å². The summed E-state index contributed by atoms with van der Waals surface area (Å²) in [6.45, 7) is 1.04. The Labute approximate surface area is 176 Å². The van der Waals surface area contributed by atoms with Gasteiger partial charge < -0.3 is 19.1 Å². The molecular formula is C25H27NO4.